The van der Waals surface area contributed by atoms with Crippen LogP contribution < -0.4 is 0 Å². The highest BCUT2D eigenvalue weighted by molar-refractivity contribution is 7.98. The van der Waals surface area contributed by atoms with Gasteiger partial charge in [0.25, 0.3) is 0 Å². The lowest BCUT2D eigenvalue weighted by Gasteiger charge is -2.06. The molecule has 0 saturated heterocycles. The maximum absolute atomic E-state index is 4.60. The lowest BCUT2D eigenvalue weighted by atomic mass is 10.2. The Kier molecular flexibility index (Phi) is 4.06. The molecule has 0 aliphatic rings. The number of nitrogens with zero attached hydrogens (tertiary/aromatic N) is 3. The summed E-state index contributed by atoms with van der Waals surface area (Å²) in [5.74, 6) is 0.947. The maximum atomic E-state index is 4.60. The molecule has 0 saturated carbocycles. The highest BCUT2D eigenvalue weighted by atomic mass is 32.2. The third-order valence-electron chi connectivity index (χ3n) is 3.79. The standard InChI is InChI=1S/C18H17N3S2/c1-2-9-21-12-20-15-7-8-19-18(17(15)21)22-11-14-10-13-5-3-4-6-16(13)23-14/h3-8,10,12H,2,9,11H2,1H3. The number of aromatic nitrogens is 3. The molecule has 5 heteroatoms. The second kappa shape index (κ2) is 6.34. The summed E-state index contributed by atoms with van der Waals surface area (Å²) in [5, 5.41) is 2.40. The van der Waals surface area contributed by atoms with E-state index in [1.165, 1.54) is 20.5 Å². The van der Waals surface area contributed by atoms with Gasteiger partial charge < -0.3 is 4.57 Å². The van der Waals surface area contributed by atoms with Crippen molar-refractivity contribution in [2.24, 2.45) is 0 Å². The highest BCUT2D eigenvalue weighted by Gasteiger charge is 2.10. The molecule has 0 atom stereocenters. The molecular formula is C18H17N3S2. The fourth-order valence-electron chi connectivity index (χ4n) is 2.75. The van der Waals surface area contributed by atoms with E-state index in [0.29, 0.717) is 0 Å². The summed E-state index contributed by atoms with van der Waals surface area (Å²) < 4.78 is 3.57. The van der Waals surface area contributed by atoms with Crippen molar-refractivity contribution in [3.05, 3.63) is 53.8 Å². The number of thiophene rings is 1. The molecule has 4 rings (SSSR count). The predicted molar refractivity (Wildman–Crippen MR) is 99.2 cm³/mol. The molecule has 116 valence electrons. The molecule has 0 fully saturated rings. The van der Waals surface area contributed by atoms with E-state index < -0.39 is 0 Å². The van der Waals surface area contributed by atoms with Crippen LogP contribution in [0.25, 0.3) is 21.1 Å². The number of aryl methyl sites for hydroxylation is 1. The molecule has 3 aromatic heterocycles. The quantitative estimate of drug-likeness (QED) is 0.459. The van der Waals surface area contributed by atoms with E-state index in [9.17, 15) is 0 Å². The van der Waals surface area contributed by atoms with Crippen LogP contribution >= 0.6 is 23.1 Å². The van der Waals surface area contributed by atoms with E-state index in [1.807, 2.05) is 29.9 Å². The van der Waals surface area contributed by atoms with Crippen molar-refractivity contribution < 1.29 is 0 Å². The van der Waals surface area contributed by atoms with Gasteiger partial charge in [0.05, 0.1) is 11.8 Å². The largest absolute Gasteiger partial charge is 0.328 e. The molecule has 0 N–H and O–H groups in total. The van der Waals surface area contributed by atoms with Crippen molar-refractivity contribution >= 4 is 44.2 Å². The summed E-state index contributed by atoms with van der Waals surface area (Å²) in [4.78, 5) is 10.5. The van der Waals surface area contributed by atoms with E-state index >= 15 is 0 Å². The van der Waals surface area contributed by atoms with Gasteiger partial charge in [-0.15, -0.1) is 11.3 Å². The van der Waals surface area contributed by atoms with E-state index in [1.54, 1.807) is 11.8 Å². The number of fused-ring (bicyclic) bond motifs is 2. The summed E-state index contributed by atoms with van der Waals surface area (Å²) in [6.07, 6.45) is 4.89. The molecule has 0 aliphatic carbocycles. The van der Waals surface area contributed by atoms with Crippen molar-refractivity contribution in [3.63, 3.8) is 0 Å². The van der Waals surface area contributed by atoms with Gasteiger partial charge in [-0.25, -0.2) is 9.97 Å². The topological polar surface area (TPSA) is 30.7 Å². The first-order valence-corrected chi connectivity index (χ1v) is 9.55. The molecule has 23 heavy (non-hydrogen) atoms. The fraction of sp³-hybridized carbons (Fsp3) is 0.222. The second-order valence-corrected chi connectivity index (χ2v) is 7.59. The van der Waals surface area contributed by atoms with Gasteiger partial charge in [0, 0.05) is 28.1 Å². The number of rotatable bonds is 5. The molecule has 0 amide bonds. The molecule has 1 aromatic carbocycles. The van der Waals surface area contributed by atoms with Crippen LogP contribution in [0.5, 0.6) is 0 Å². The first kappa shape index (κ1) is 14.7. The second-order valence-electron chi connectivity index (χ2n) is 5.46. The van der Waals surface area contributed by atoms with Crippen molar-refractivity contribution in [1.82, 2.24) is 14.5 Å². The van der Waals surface area contributed by atoms with Crippen molar-refractivity contribution in [1.29, 1.82) is 0 Å². The Morgan fingerprint density at radius 1 is 1.17 bits per heavy atom. The average Bonchev–Trinajstić information content (AvgIpc) is 3.17. The van der Waals surface area contributed by atoms with Crippen LogP contribution in [0.3, 0.4) is 0 Å². The maximum Gasteiger partial charge on any atom is 0.122 e. The Morgan fingerprint density at radius 2 is 2.09 bits per heavy atom. The Bertz CT molecular complexity index is 922. The summed E-state index contributed by atoms with van der Waals surface area (Å²) >= 11 is 3.67. The van der Waals surface area contributed by atoms with E-state index in [4.69, 9.17) is 0 Å². The van der Waals surface area contributed by atoms with Gasteiger partial charge in [0.15, 0.2) is 0 Å². The van der Waals surface area contributed by atoms with Crippen molar-refractivity contribution in [3.8, 4) is 0 Å². The predicted octanol–water partition coefficient (Wildman–Crippen LogP) is 5.35. The average molecular weight is 339 g/mol. The lowest BCUT2D eigenvalue weighted by molar-refractivity contribution is 0.692. The molecular weight excluding hydrogens is 322 g/mol. The Hall–Kier alpha value is -1.85. The number of thioether (sulfide) groups is 1. The highest BCUT2D eigenvalue weighted by Crippen LogP contribution is 2.32. The van der Waals surface area contributed by atoms with Crippen molar-refractivity contribution in [2.75, 3.05) is 0 Å². The van der Waals surface area contributed by atoms with Crippen LogP contribution in [0.1, 0.15) is 18.2 Å². The zero-order valence-electron chi connectivity index (χ0n) is 12.9. The van der Waals surface area contributed by atoms with E-state index in [0.717, 1.165) is 29.3 Å². The zero-order chi connectivity index (χ0) is 15.6. The van der Waals surface area contributed by atoms with Crippen LogP contribution in [0.2, 0.25) is 0 Å². The van der Waals surface area contributed by atoms with Gasteiger partial charge in [-0.3, -0.25) is 0 Å². The van der Waals surface area contributed by atoms with Crippen LogP contribution in [-0.2, 0) is 12.3 Å². The normalized spacial score (nSPS) is 11.5. The third kappa shape index (κ3) is 2.86. The van der Waals surface area contributed by atoms with E-state index in [2.05, 4.69) is 51.8 Å². The number of imidazole rings is 1. The van der Waals surface area contributed by atoms with Gasteiger partial charge in [-0.1, -0.05) is 36.9 Å². The zero-order valence-corrected chi connectivity index (χ0v) is 14.5. The number of hydrogen-bond acceptors (Lipinski definition) is 4. The van der Waals surface area contributed by atoms with Gasteiger partial charge in [-0.2, -0.15) is 0 Å². The molecule has 0 aliphatic heterocycles. The lowest BCUT2D eigenvalue weighted by Crippen LogP contribution is -1.96. The van der Waals surface area contributed by atoms with Crippen LogP contribution in [-0.4, -0.2) is 14.5 Å². The fourth-order valence-corrected chi connectivity index (χ4v) is 4.88. The minimum atomic E-state index is 0.947. The molecule has 0 spiro atoms. The third-order valence-corrected chi connectivity index (χ3v) is 6.11. The Balaban J connectivity index is 1.63. The molecule has 0 radical (unpaired) electrons. The minimum Gasteiger partial charge on any atom is -0.328 e. The molecule has 0 bridgehead atoms. The summed E-state index contributed by atoms with van der Waals surface area (Å²) in [6, 6.07) is 12.8. The molecule has 0 unspecified atom stereocenters. The SMILES string of the molecule is CCCn1cnc2ccnc(SCc3cc4ccccc4s3)c21. The first-order chi connectivity index (χ1) is 11.3. The summed E-state index contributed by atoms with van der Waals surface area (Å²) in [5.41, 5.74) is 2.20. The number of hydrogen-bond donors (Lipinski definition) is 0. The van der Waals surface area contributed by atoms with Gasteiger partial charge >= 0.3 is 0 Å². The van der Waals surface area contributed by atoms with Crippen LogP contribution in [0.4, 0.5) is 0 Å². The minimum absolute atomic E-state index is 0.947. The monoisotopic (exact) mass is 339 g/mol. The van der Waals surface area contributed by atoms with E-state index in [-0.39, 0.29) is 0 Å². The van der Waals surface area contributed by atoms with Crippen molar-refractivity contribution in [2.45, 2.75) is 30.7 Å². The van der Waals surface area contributed by atoms with Crippen LogP contribution in [0.15, 0.2) is 53.9 Å². The van der Waals surface area contributed by atoms with Crippen LogP contribution in [0, 0.1) is 0 Å². The molecule has 4 aromatic rings. The van der Waals surface area contributed by atoms with Gasteiger partial charge in [0.1, 0.15) is 10.5 Å². The number of benzene rings is 1. The summed E-state index contributed by atoms with van der Waals surface area (Å²) in [6.45, 7) is 3.17. The van der Waals surface area contributed by atoms with Gasteiger partial charge in [-0.05, 0) is 30.0 Å². The first-order valence-electron chi connectivity index (χ1n) is 7.75. The molecule has 3 heterocycles. The smallest absolute Gasteiger partial charge is 0.122 e. The number of pyridine rings is 1. The van der Waals surface area contributed by atoms with Gasteiger partial charge in [0.2, 0.25) is 0 Å². The molecule has 3 nitrogen and oxygen atoms in total. The Morgan fingerprint density at radius 3 is 2.96 bits per heavy atom. The summed E-state index contributed by atoms with van der Waals surface area (Å²) in [7, 11) is 0. The Labute approximate surface area is 143 Å².